The fourth-order valence-corrected chi connectivity index (χ4v) is 1.88. The first-order valence-electron chi connectivity index (χ1n) is 5.64. The second-order valence-corrected chi connectivity index (χ2v) is 4.43. The third-order valence-electron chi connectivity index (χ3n) is 2.58. The van der Waals surface area contributed by atoms with Gasteiger partial charge in [0.1, 0.15) is 5.84 Å². The van der Waals surface area contributed by atoms with Crippen molar-refractivity contribution in [3.63, 3.8) is 0 Å². The summed E-state index contributed by atoms with van der Waals surface area (Å²) in [6.45, 7) is 0. The highest BCUT2D eigenvalue weighted by Crippen LogP contribution is 2.32. The van der Waals surface area contributed by atoms with E-state index in [0.717, 1.165) is 12.1 Å². The molecule has 0 amide bonds. The molecule has 0 aliphatic rings. The van der Waals surface area contributed by atoms with Gasteiger partial charge in [-0.05, 0) is 30.3 Å². The average molecular weight is 299 g/mol. The van der Waals surface area contributed by atoms with Crippen molar-refractivity contribution >= 4 is 23.1 Å². The van der Waals surface area contributed by atoms with Crippen molar-refractivity contribution in [3.05, 3.63) is 64.7 Å². The molecule has 2 N–H and O–H groups in total. The number of halogens is 4. The third kappa shape index (κ3) is 3.30. The summed E-state index contributed by atoms with van der Waals surface area (Å²) in [5.74, 6) is 0.0647. The highest BCUT2D eigenvalue weighted by atomic mass is 35.5. The van der Waals surface area contributed by atoms with E-state index in [2.05, 4.69) is 4.99 Å². The third-order valence-corrected chi connectivity index (χ3v) is 2.89. The van der Waals surface area contributed by atoms with E-state index in [9.17, 15) is 13.2 Å². The molecule has 0 aromatic heterocycles. The number of aliphatic imine (C=N–C) groups is 1. The van der Waals surface area contributed by atoms with E-state index in [0.29, 0.717) is 5.69 Å². The molecule has 0 unspecified atom stereocenters. The molecule has 0 aliphatic carbocycles. The van der Waals surface area contributed by atoms with Crippen LogP contribution in [0.15, 0.2) is 53.5 Å². The molecule has 0 atom stereocenters. The first-order valence-corrected chi connectivity index (χ1v) is 6.02. The van der Waals surface area contributed by atoms with Gasteiger partial charge in [0.15, 0.2) is 0 Å². The second kappa shape index (κ2) is 5.54. The summed E-state index contributed by atoms with van der Waals surface area (Å²) in [7, 11) is 0. The van der Waals surface area contributed by atoms with E-state index in [4.69, 9.17) is 17.3 Å². The van der Waals surface area contributed by atoms with Gasteiger partial charge in [-0.15, -0.1) is 0 Å². The standard InChI is InChI=1S/C14H10ClF3N2/c15-12-8-9(14(16,17)18)6-7-11(12)13(19)20-10-4-2-1-3-5-10/h1-8H,(H2,19,20). The van der Waals surface area contributed by atoms with Crippen LogP contribution in [0, 0.1) is 0 Å². The summed E-state index contributed by atoms with van der Waals surface area (Å²) >= 11 is 5.84. The highest BCUT2D eigenvalue weighted by molar-refractivity contribution is 6.34. The van der Waals surface area contributed by atoms with Crippen LogP contribution in [0.2, 0.25) is 5.02 Å². The number of para-hydroxylation sites is 1. The van der Waals surface area contributed by atoms with E-state index in [1.165, 1.54) is 6.07 Å². The Morgan fingerprint density at radius 3 is 2.25 bits per heavy atom. The van der Waals surface area contributed by atoms with E-state index < -0.39 is 11.7 Å². The summed E-state index contributed by atoms with van der Waals surface area (Å²) in [4.78, 5) is 4.11. The molecule has 2 nitrogen and oxygen atoms in total. The van der Waals surface area contributed by atoms with Crippen LogP contribution in [0.4, 0.5) is 18.9 Å². The Balaban J connectivity index is 2.37. The van der Waals surface area contributed by atoms with E-state index in [-0.39, 0.29) is 16.4 Å². The van der Waals surface area contributed by atoms with E-state index in [1.807, 2.05) is 6.07 Å². The predicted molar refractivity (Wildman–Crippen MR) is 73.3 cm³/mol. The molecule has 104 valence electrons. The van der Waals surface area contributed by atoms with Gasteiger partial charge in [0.25, 0.3) is 0 Å². The van der Waals surface area contributed by atoms with Crippen molar-refractivity contribution in [2.75, 3.05) is 0 Å². The molecular formula is C14H10ClF3N2. The SMILES string of the molecule is NC(=Nc1ccccc1)c1ccc(C(F)(F)F)cc1Cl. The monoisotopic (exact) mass is 298 g/mol. The summed E-state index contributed by atoms with van der Waals surface area (Å²) < 4.78 is 37.6. The number of nitrogens with zero attached hydrogens (tertiary/aromatic N) is 1. The lowest BCUT2D eigenvalue weighted by molar-refractivity contribution is -0.137. The van der Waals surface area contributed by atoms with E-state index in [1.54, 1.807) is 24.3 Å². The molecule has 0 aliphatic heterocycles. The minimum Gasteiger partial charge on any atom is -0.383 e. The zero-order valence-electron chi connectivity index (χ0n) is 10.2. The molecular weight excluding hydrogens is 289 g/mol. The van der Waals surface area contributed by atoms with Crippen molar-refractivity contribution in [3.8, 4) is 0 Å². The summed E-state index contributed by atoms with van der Waals surface area (Å²) in [5, 5.41) is -0.0861. The molecule has 2 aromatic rings. The zero-order chi connectivity index (χ0) is 14.8. The lowest BCUT2D eigenvalue weighted by Crippen LogP contribution is -2.14. The van der Waals surface area contributed by atoms with Crippen LogP contribution in [0.3, 0.4) is 0 Å². The maximum atomic E-state index is 12.5. The lowest BCUT2D eigenvalue weighted by atomic mass is 10.1. The van der Waals surface area contributed by atoms with E-state index >= 15 is 0 Å². The Labute approximate surface area is 118 Å². The normalized spacial score (nSPS) is 12.5. The Morgan fingerprint density at radius 1 is 1.05 bits per heavy atom. The van der Waals surface area contributed by atoms with Gasteiger partial charge in [0.2, 0.25) is 0 Å². The topological polar surface area (TPSA) is 38.4 Å². The van der Waals surface area contributed by atoms with Crippen molar-refractivity contribution in [2.45, 2.75) is 6.18 Å². The van der Waals surface area contributed by atoms with Gasteiger partial charge in [-0.25, -0.2) is 4.99 Å². The highest BCUT2D eigenvalue weighted by Gasteiger charge is 2.31. The number of alkyl halides is 3. The Morgan fingerprint density at radius 2 is 1.70 bits per heavy atom. The number of benzene rings is 2. The number of rotatable bonds is 2. The average Bonchev–Trinajstić information content (AvgIpc) is 2.38. The fourth-order valence-electron chi connectivity index (χ4n) is 1.60. The predicted octanol–water partition coefficient (Wildman–Crippen LogP) is 4.40. The fraction of sp³-hybridized carbons (Fsp3) is 0.0714. The molecule has 0 bridgehead atoms. The molecule has 0 spiro atoms. The largest absolute Gasteiger partial charge is 0.416 e. The van der Waals surface area contributed by atoms with Crippen molar-refractivity contribution in [2.24, 2.45) is 10.7 Å². The van der Waals surface area contributed by atoms with Crippen LogP contribution in [0.5, 0.6) is 0 Å². The van der Waals surface area contributed by atoms with Crippen LogP contribution >= 0.6 is 11.6 Å². The molecule has 0 heterocycles. The van der Waals surface area contributed by atoms with Crippen LogP contribution < -0.4 is 5.73 Å². The number of hydrogen-bond acceptors (Lipinski definition) is 1. The molecule has 0 saturated heterocycles. The summed E-state index contributed by atoms with van der Waals surface area (Å²) in [5.41, 5.74) is 5.82. The van der Waals surface area contributed by atoms with Crippen molar-refractivity contribution < 1.29 is 13.2 Å². The van der Waals surface area contributed by atoms with Gasteiger partial charge in [-0.3, -0.25) is 0 Å². The first kappa shape index (κ1) is 14.4. The summed E-state index contributed by atoms with van der Waals surface area (Å²) in [6, 6.07) is 11.8. The Hall–Kier alpha value is -2.01. The molecule has 0 fully saturated rings. The van der Waals surface area contributed by atoms with Gasteiger partial charge >= 0.3 is 6.18 Å². The lowest BCUT2D eigenvalue weighted by Gasteiger charge is -2.09. The van der Waals surface area contributed by atoms with Gasteiger partial charge < -0.3 is 5.73 Å². The molecule has 6 heteroatoms. The van der Waals surface area contributed by atoms with Crippen LogP contribution in [0.25, 0.3) is 0 Å². The molecule has 0 radical (unpaired) electrons. The Bertz CT molecular complexity index is 637. The minimum absolute atomic E-state index is 0.0647. The van der Waals surface area contributed by atoms with Gasteiger partial charge in [-0.1, -0.05) is 29.8 Å². The number of amidine groups is 1. The van der Waals surface area contributed by atoms with Crippen molar-refractivity contribution in [1.29, 1.82) is 0 Å². The maximum Gasteiger partial charge on any atom is 0.416 e. The quantitative estimate of drug-likeness (QED) is 0.648. The van der Waals surface area contributed by atoms with Gasteiger partial charge in [0.05, 0.1) is 16.3 Å². The Kier molecular flexibility index (Phi) is 3.99. The van der Waals surface area contributed by atoms with Crippen LogP contribution in [-0.4, -0.2) is 5.84 Å². The molecule has 2 rings (SSSR count). The van der Waals surface area contributed by atoms with Crippen molar-refractivity contribution in [1.82, 2.24) is 0 Å². The second-order valence-electron chi connectivity index (χ2n) is 4.02. The maximum absolute atomic E-state index is 12.5. The number of hydrogen-bond donors (Lipinski definition) is 1. The number of nitrogens with two attached hydrogens (primary N) is 1. The molecule has 2 aromatic carbocycles. The van der Waals surface area contributed by atoms with Gasteiger partial charge in [0, 0.05) is 5.56 Å². The first-order chi connectivity index (χ1) is 9.38. The van der Waals surface area contributed by atoms with Crippen LogP contribution in [0.1, 0.15) is 11.1 Å². The minimum atomic E-state index is -4.44. The molecule has 20 heavy (non-hydrogen) atoms. The zero-order valence-corrected chi connectivity index (χ0v) is 10.9. The summed E-state index contributed by atoms with van der Waals surface area (Å²) in [6.07, 6.45) is -4.44. The van der Waals surface area contributed by atoms with Crippen LogP contribution in [-0.2, 0) is 6.18 Å². The van der Waals surface area contributed by atoms with Gasteiger partial charge in [-0.2, -0.15) is 13.2 Å². The molecule has 0 saturated carbocycles. The smallest absolute Gasteiger partial charge is 0.383 e.